The summed E-state index contributed by atoms with van der Waals surface area (Å²) in [5.74, 6) is 1.56. The van der Waals surface area contributed by atoms with E-state index in [1.165, 1.54) is 24.0 Å². The maximum Gasteiger partial charge on any atom is 0.229 e. The number of benzene rings is 2. The molecule has 0 spiro atoms. The summed E-state index contributed by atoms with van der Waals surface area (Å²) in [5.41, 5.74) is 4.45. The molecule has 2 N–H and O–H groups in total. The van der Waals surface area contributed by atoms with Crippen LogP contribution >= 0.6 is 0 Å². The first-order chi connectivity index (χ1) is 11.2. The Morgan fingerprint density at radius 1 is 1.00 bits per heavy atom. The third-order valence-electron chi connectivity index (χ3n) is 4.15. The summed E-state index contributed by atoms with van der Waals surface area (Å²) in [6.45, 7) is 4.20. The molecule has 1 aliphatic carbocycles. The average Bonchev–Trinajstić information content (AvgIpc) is 3.34. The number of aromatic nitrogens is 2. The Hall–Kier alpha value is -2.62. The van der Waals surface area contributed by atoms with E-state index in [1.807, 2.05) is 18.2 Å². The van der Waals surface area contributed by atoms with E-state index in [0.717, 1.165) is 22.4 Å². The summed E-state index contributed by atoms with van der Waals surface area (Å²) in [6, 6.07) is 15.0. The topological polar surface area (TPSA) is 49.8 Å². The molecule has 23 heavy (non-hydrogen) atoms. The van der Waals surface area contributed by atoms with Crippen molar-refractivity contribution in [3.63, 3.8) is 0 Å². The van der Waals surface area contributed by atoms with Crippen molar-refractivity contribution in [2.75, 3.05) is 10.6 Å². The van der Waals surface area contributed by atoms with Gasteiger partial charge in [0.05, 0.1) is 5.52 Å². The van der Waals surface area contributed by atoms with Gasteiger partial charge in [0.2, 0.25) is 5.95 Å². The molecule has 0 atom stereocenters. The SMILES string of the molecule is Cc1ccc(Nc2nc(NC3CC3)c3ccccc3n2)c(C)c1. The highest BCUT2D eigenvalue weighted by molar-refractivity contribution is 5.90. The molecular formula is C19H20N4. The molecule has 0 bridgehead atoms. The van der Waals surface area contributed by atoms with Crippen LogP contribution < -0.4 is 10.6 Å². The van der Waals surface area contributed by atoms with Crippen molar-refractivity contribution >= 4 is 28.4 Å². The van der Waals surface area contributed by atoms with Crippen molar-refractivity contribution in [2.45, 2.75) is 32.7 Å². The highest BCUT2D eigenvalue weighted by Gasteiger charge is 2.22. The molecule has 1 aromatic heterocycles. The van der Waals surface area contributed by atoms with E-state index < -0.39 is 0 Å². The lowest BCUT2D eigenvalue weighted by molar-refractivity contribution is 1.10. The molecule has 1 heterocycles. The molecule has 1 saturated carbocycles. The van der Waals surface area contributed by atoms with E-state index >= 15 is 0 Å². The number of hydrogen-bond acceptors (Lipinski definition) is 4. The quantitative estimate of drug-likeness (QED) is 0.741. The molecule has 4 heteroatoms. The number of nitrogens with one attached hydrogen (secondary N) is 2. The van der Waals surface area contributed by atoms with Crippen molar-refractivity contribution in [1.29, 1.82) is 0 Å². The second-order valence-electron chi connectivity index (χ2n) is 6.27. The van der Waals surface area contributed by atoms with Crippen molar-refractivity contribution in [1.82, 2.24) is 9.97 Å². The van der Waals surface area contributed by atoms with Gasteiger partial charge >= 0.3 is 0 Å². The molecule has 0 aliphatic heterocycles. The van der Waals surface area contributed by atoms with Crippen LogP contribution in [0.2, 0.25) is 0 Å². The first-order valence-corrected chi connectivity index (χ1v) is 8.06. The van der Waals surface area contributed by atoms with Crippen molar-refractivity contribution in [3.8, 4) is 0 Å². The van der Waals surface area contributed by atoms with Crippen LogP contribution in [0.4, 0.5) is 17.5 Å². The molecule has 0 amide bonds. The zero-order valence-corrected chi connectivity index (χ0v) is 13.4. The van der Waals surface area contributed by atoms with Crippen LogP contribution in [0.3, 0.4) is 0 Å². The second kappa shape index (κ2) is 5.54. The summed E-state index contributed by atoms with van der Waals surface area (Å²) < 4.78 is 0. The van der Waals surface area contributed by atoms with Crippen LogP contribution in [0.25, 0.3) is 10.9 Å². The molecule has 1 aliphatic rings. The normalized spacial score (nSPS) is 14.0. The molecule has 4 nitrogen and oxygen atoms in total. The minimum atomic E-state index is 0.558. The van der Waals surface area contributed by atoms with E-state index in [0.29, 0.717) is 12.0 Å². The van der Waals surface area contributed by atoms with Gasteiger partial charge in [0.25, 0.3) is 0 Å². The van der Waals surface area contributed by atoms with Gasteiger partial charge in [-0.15, -0.1) is 0 Å². The molecule has 116 valence electrons. The highest BCUT2D eigenvalue weighted by atomic mass is 15.2. The van der Waals surface area contributed by atoms with E-state index in [2.05, 4.69) is 53.7 Å². The van der Waals surface area contributed by atoms with Gasteiger partial charge in [-0.3, -0.25) is 0 Å². The van der Waals surface area contributed by atoms with Gasteiger partial charge in [-0.2, -0.15) is 4.98 Å². The van der Waals surface area contributed by atoms with Crippen LogP contribution in [0.5, 0.6) is 0 Å². The Kier molecular flexibility index (Phi) is 3.37. The third kappa shape index (κ3) is 2.97. The largest absolute Gasteiger partial charge is 0.367 e. The number of para-hydroxylation sites is 1. The standard InChI is InChI=1S/C19H20N4/c1-12-7-10-16(13(2)11-12)21-19-22-17-6-4-3-5-15(17)18(23-19)20-14-8-9-14/h3-7,10-11,14H,8-9H2,1-2H3,(H2,20,21,22,23). The van der Waals surface area contributed by atoms with Crippen LogP contribution in [0.1, 0.15) is 24.0 Å². The lowest BCUT2D eigenvalue weighted by Crippen LogP contribution is -2.07. The molecule has 1 fully saturated rings. The summed E-state index contributed by atoms with van der Waals surface area (Å²) in [6.07, 6.45) is 2.44. The lowest BCUT2D eigenvalue weighted by atomic mass is 10.1. The third-order valence-corrected chi connectivity index (χ3v) is 4.15. The van der Waals surface area contributed by atoms with Crippen molar-refractivity contribution in [3.05, 3.63) is 53.6 Å². The molecule has 4 rings (SSSR count). The first-order valence-electron chi connectivity index (χ1n) is 8.06. The zero-order valence-electron chi connectivity index (χ0n) is 13.4. The molecule has 0 unspecified atom stereocenters. The highest BCUT2D eigenvalue weighted by Crippen LogP contribution is 2.29. The smallest absolute Gasteiger partial charge is 0.229 e. The van der Waals surface area contributed by atoms with Gasteiger partial charge in [0.15, 0.2) is 0 Å². The fourth-order valence-electron chi connectivity index (χ4n) is 2.74. The summed E-state index contributed by atoms with van der Waals surface area (Å²) in [7, 11) is 0. The van der Waals surface area contributed by atoms with Gasteiger partial charge in [-0.05, 0) is 50.5 Å². The van der Waals surface area contributed by atoms with Crippen molar-refractivity contribution in [2.24, 2.45) is 0 Å². The van der Waals surface area contributed by atoms with Crippen LogP contribution in [0.15, 0.2) is 42.5 Å². The zero-order chi connectivity index (χ0) is 15.8. The Bertz CT molecular complexity index is 868. The number of anilines is 3. The number of aryl methyl sites for hydroxylation is 2. The minimum Gasteiger partial charge on any atom is -0.367 e. The van der Waals surface area contributed by atoms with Gasteiger partial charge in [0, 0.05) is 17.1 Å². The predicted molar refractivity (Wildman–Crippen MR) is 95.4 cm³/mol. The number of hydrogen-bond donors (Lipinski definition) is 2. The summed E-state index contributed by atoms with van der Waals surface area (Å²) >= 11 is 0. The molecule has 3 aromatic rings. The molecule has 0 saturated heterocycles. The van der Waals surface area contributed by atoms with Crippen LogP contribution in [0, 0.1) is 13.8 Å². The Morgan fingerprint density at radius 3 is 2.61 bits per heavy atom. The summed E-state index contributed by atoms with van der Waals surface area (Å²) in [4.78, 5) is 9.37. The van der Waals surface area contributed by atoms with E-state index in [-0.39, 0.29) is 0 Å². The number of fused-ring (bicyclic) bond motifs is 1. The lowest BCUT2D eigenvalue weighted by Gasteiger charge is -2.13. The van der Waals surface area contributed by atoms with Gasteiger partial charge in [-0.25, -0.2) is 4.98 Å². The molecule has 0 radical (unpaired) electrons. The van der Waals surface area contributed by atoms with Gasteiger partial charge in [-0.1, -0.05) is 29.8 Å². The summed E-state index contributed by atoms with van der Waals surface area (Å²) in [5, 5.41) is 7.96. The second-order valence-corrected chi connectivity index (χ2v) is 6.27. The van der Waals surface area contributed by atoms with Crippen LogP contribution in [-0.2, 0) is 0 Å². The minimum absolute atomic E-state index is 0.558. The molecule has 2 aromatic carbocycles. The van der Waals surface area contributed by atoms with Gasteiger partial charge < -0.3 is 10.6 Å². The monoisotopic (exact) mass is 304 g/mol. The molecular weight excluding hydrogens is 284 g/mol. The first kappa shape index (κ1) is 14.0. The number of rotatable bonds is 4. The van der Waals surface area contributed by atoms with E-state index in [4.69, 9.17) is 4.98 Å². The Balaban J connectivity index is 1.74. The average molecular weight is 304 g/mol. The van der Waals surface area contributed by atoms with E-state index in [1.54, 1.807) is 0 Å². The predicted octanol–water partition coefficient (Wildman–Crippen LogP) is 4.56. The Morgan fingerprint density at radius 2 is 1.83 bits per heavy atom. The fraction of sp³-hybridized carbons (Fsp3) is 0.263. The Labute approximate surface area is 136 Å². The maximum atomic E-state index is 4.71. The van der Waals surface area contributed by atoms with Crippen molar-refractivity contribution < 1.29 is 0 Å². The van der Waals surface area contributed by atoms with Crippen LogP contribution in [-0.4, -0.2) is 16.0 Å². The maximum absolute atomic E-state index is 4.71. The fourth-order valence-corrected chi connectivity index (χ4v) is 2.74. The number of nitrogens with zero attached hydrogens (tertiary/aromatic N) is 2. The van der Waals surface area contributed by atoms with E-state index in [9.17, 15) is 0 Å². The van der Waals surface area contributed by atoms with Gasteiger partial charge in [0.1, 0.15) is 5.82 Å².